The Hall–Kier alpha value is -2.92. The zero-order chi connectivity index (χ0) is 25.1. The van der Waals surface area contributed by atoms with Crippen molar-refractivity contribution < 1.29 is 31.2 Å². The zero-order valence-electron chi connectivity index (χ0n) is 18.8. The molecule has 2 aromatic carbocycles. The second-order valence-corrected chi connectivity index (χ2v) is 10.3. The molecule has 1 saturated heterocycles. The van der Waals surface area contributed by atoms with Crippen molar-refractivity contribution in [3.63, 3.8) is 0 Å². The van der Waals surface area contributed by atoms with Gasteiger partial charge in [-0.1, -0.05) is 19.1 Å². The molecule has 11 heteroatoms. The number of halogens is 3. The molecule has 1 N–H and O–H groups in total. The van der Waals surface area contributed by atoms with E-state index < -0.39 is 45.8 Å². The third-order valence-electron chi connectivity index (χ3n) is 5.59. The third kappa shape index (κ3) is 5.95. The van der Waals surface area contributed by atoms with E-state index in [4.69, 9.17) is 0 Å². The molecule has 184 valence electrons. The average Bonchev–Trinajstić information content (AvgIpc) is 2.78. The highest BCUT2D eigenvalue weighted by Gasteiger charge is 2.34. The Morgan fingerprint density at radius 3 is 2.38 bits per heavy atom. The smallest absolute Gasteiger partial charge is 0.332 e. The summed E-state index contributed by atoms with van der Waals surface area (Å²) in [5, 5.41) is 2.19. The normalized spacial score (nSPS) is 17.3. The standard InChI is InChI=1S/C23H26F3N3O4S/c1-16-6-5-13-29(14-16)34(32,33)18-11-9-17(10-12-18)22(31)28(2)15-21(30)27-20-8-4-3-7-19(20)23(24,25)26/h3-4,7-12,16H,5-6,13-15H2,1-2H3,(H,27,30)/t16-/m0/s1. The van der Waals surface area contributed by atoms with Crippen molar-refractivity contribution in [3.8, 4) is 0 Å². The van der Waals surface area contributed by atoms with Gasteiger partial charge in [0.1, 0.15) is 0 Å². The van der Waals surface area contributed by atoms with Crippen LogP contribution in [-0.4, -0.2) is 56.1 Å². The summed E-state index contributed by atoms with van der Waals surface area (Å²) in [6, 6.07) is 9.95. The van der Waals surface area contributed by atoms with Crippen LogP contribution in [0.5, 0.6) is 0 Å². The van der Waals surface area contributed by atoms with E-state index >= 15 is 0 Å². The second kappa shape index (κ2) is 10.1. The summed E-state index contributed by atoms with van der Waals surface area (Å²) < 4.78 is 66.5. The van der Waals surface area contributed by atoms with Gasteiger partial charge in [-0.3, -0.25) is 9.59 Å². The van der Waals surface area contributed by atoms with E-state index in [1.165, 1.54) is 47.8 Å². The fourth-order valence-corrected chi connectivity index (χ4v) is 5.42. The number of carbonyl (C=O) groups excluding carboxylic acids is 2. The van der Waals surface area contributed by atoms with Gasteiger partial charge in [-0.05, 0) is 55.2 Å². The van der Waals surface area contributed by atoms with Gasteiger partial charge in [0.05, 0.1) is 22.7 Å². The summed E-state index contributed by atoms with van der Waals surface area (Å²) in [5.41, 5.74) is -1.24. The predicted molar refractivity (Wildman–Crippen MR) is 121 cm³/mol. The second-order valence-electron chi connectivity index (χ2n) is 8.39. The number of anilines is 1. The highest BCUT2D eigenvalue weighted by molar-refractivity contribution is 7.89. The van der Waals surface area contributed by atoms with Crippen LogP contribution in [0.1, 0.15) is 35.7 Å². The third-order valence-corrected chi connectivity index (χ3v) is 7.47. The van der Waals surface area contributed by atoms with E-state index in [9.17, 15) is 31.2 Å². The minimum atomic E-state index is -4.64. The number of hydrogen-bond acceptors (Lipinski definition) is 4. The molecule has 34 heavy (non-hydrogen) atoms. The molecule has 0 radical (unpaired) electrons. The van der Waals surface area contributed by atoms with Crippen molar-refractivity contribution in [2.75, 3.05) is 32.0 Å². The Labute approximate surface area is 196 Å². The van der Waals surface area contributed by atoms with Crippen molar-refractivity contribution in [1.82, 2.24) is 9.21 Å². The van der Waals surface area contributed by atoms with Gasteiger partial charge >= 0.3 is 6.18 Å². The van der Waals surface area contributed by atoms with Gasteiger partial charge < -0.3 is 10.2 Å². The monoisotopic (exact) mass is 497 g/mol. The molecule has 1 heterocycles. The number of piperidine rings is 1. The van der Waals surface area contributed by atoms with Crippen LogP contribution in [0.15, 0.2) is 53.4 Å². The minimum absolute atomic E-state index is 0.0716. The van der Waals surface area contributed by atoms with Gasteiger partial charge in [-0.2, -0.15) is 17.5 Å². The lowest BCUT2D eigenvalue weighted by atomic mass is 10.0. The summed E-state index contributed by atoms with van der Waals surface area (Å²) in [4.78, 5) is 26.1. The van der Waals surface area contributed by atoms with Crippen molar-refractivity contribution in [2.24, 2.45) is 5.92 Å². The lowest BCUT2D eigenvalue weighted by Crippen LogP contribution is -2.39. The summed E-state index contributed by atoms with van der Waals surface area (Å²) in [7, 11) is -2.34. The van der Waals surface area contributed by atoms with Gasteiger partial charge in [-0.15, -0.1) is 0 Å². The number of sulfonamides is 1. The molecule has 7 nitrogen and oxygen atoms in total. The topological polar surface area (TPSA) is 86.8 Å². The predicted octanol–water partition coefficient (Wildman–Crippen LogP) is 3.84. The first kappa shape index (κ1) is 25.7. The van der Waals surface area contributed by atoms with Gasteiger partial charge in [0.2, 0.25) is 15.9 Å². The molecule has 1 aliphatic rings. The van der Waals surface area contributed by atoms with E-state index in [0.717, 1.165) is 29.9 Å². The SMILES string of the molecule is C[C@H]1CCCN(S(=O)(=O)c2ccc(C(=O)N(C)CC(=O)Nc3ccccc3C(F)(F)F)cc2)C1. The quantitative estimate of drug-likeness (QED) is 0.657. The molecule has 1 fully saturated rings. The highest BCUT2D eigenvalue weighted by Crippen LogP contribution is 2.34. The fourth-order valence-electron chi connectivity index (χ4n) is 3.82. The number of hydrogen-bond donors (Lipinski definition) is 1. The molecule has 3 rings (SSSR count). The number of nitrogens with one attached hydrogen (secondary N) is 1. The van der Waals surface area contributed by atoms with Crippen LogP contribution in [0.2, 0.25) is 0 Å². The van der Waals surface area contributed by atoms with Crippen molar-refractivity contribution in [2.45, 2.75) is 30.8 Å². The summed E-state index contributed by atoms with van der Waals surface area (Å²) in [6.45, 7) is 2.40. The van der Waals surface area contributed by atoms with E-state index in [1.807, 2.05) is 6.92 Å². The first-order valence-corrected chi connectivity index (χ1v) is 12.2. The van der Waals surface area contributed by atoms with Crippen molar-refractivity contribution in [3.05, 3.63) is 59.7 Å². The van der Waals surface area contributed by atoms with Crippen LogP contribution in [-0.2, 0) is 21.0 Å². The fraction of sp³-hybridized carbons (Fsp3) is 0.391. The molecule has 0 saturated carbocycles. The molecule has 0 bridgehead atoms. The lowest BCUT2D eigenvalue weighted by molar-refractivity contribution is -0.137. The number of benzene rings is 2. The van der Waals surface area contributed by atoms with Crippen molar-refractivity contribution in [1.29, 1.82) is 0 Å². The minimum Gasteiger partial charge on any atom is -0.332 e. The number of rotatable bonds is 6. The number of carbonyl (C=O) groups is 2. The Kier molecular flexibility index (Phi) is 7.67. The van der Waals surface area contributed by atoms with E-state index in [-0.39, 0.29) is 16.4 Å². The summed E-state index contributed by atoms with van der Waals surface area (Å²) in [5.74, 6) is -1.10. The van der Waals surface area contributed by atoms with E-state index in [2.05, 4.69) is 5.32 Å². The van der Waals surface area contributed by atoms with Crippen LogP contribution >= 0.6 is 0 Å². The van der Waals surface area contributed by atoms with E-state index in [1.54, 1.807) is 0 Å². The summed E-state index contributed by atoms with van der Waals surface area (Å²) >= 11 is 0. The highest BCUT2D eigenvalue weighted by atomic mass is 32.2. The average molecular weight is 498 g/mol. The zero-order valence-corrected chi connectivity index (χ0v) is 19.6. The van der Waals surface area contributed by atoms with Crippen LogP contribution in [0.25, 0.3) is 0 Å². The largest absolute Gasteiger partial charge is 0.418 e. The Bertz CT molecular complexity index is 1150. The molecule has 1 aliphatic heterocycles. The molecule has 1 atom stereocenters. The van der Waals surface area contributed by atoms with Gasteiger partial charge in [0, 0.05) is 25.7 Å². The molecule has 0 aliphatic carbocycles. The number of amides is 2. The van der Waals surface area contributed by atoms with Crippen LogP contribution in [0.3, 0.4) is 0 Å². The number of likely N-dealkylation sites (N-methyl/N-ethyl adjacent to an activating group) is 1. The van der Waals surface area contributed by atoms with Gasteiger partial charge in [0.25, 0.3) is 5.91 Å². The Morgan fingerprint density at radius 2 is 1.76 bits per heavy atom. The molecular formula is C23H26F3N3O4S. The van der Waals surface area contributed by atoms with Crippen LogP contribution < -0.4 is 5.32 Å². The van der Waals surface area contributed by atoms with Crippen LogP contribution in [0.4, 0.5) is 18.9 Å². The first-order chi connectivity index (χ1) is 15.9. The summed E-state index contributed by atoms with van der Waals surface area (Å²) in [6.07, 6.45) is -2.88. The maximum absolute atomic E-state index is 13.1. The van der Waals surface area contributed by atoms with Gasteiger partial charge in [0.15, 0.2) is 0 Å². The number of alkyl halides is 3. The van der Waals surface area contributed by atoms with E-state index in [0.29, 0.717) is 13.1 Å². The van der Waals surface area contributed by atoms with Crippen molar-refractivity contribution >= 4 is 27.5 Å². The molecule has 0 aromatic heterocycles. The molecule has 0 unspecified atom stereocenters. The lowest BCUT2D eigenvalue weighted by Gasteiger charge is -2.30. The number of para-hydroxylation sites is 1. The molecule has 2 amide bonds. The molecule has 0 spiro atoms. The first-order valence-electron chi connectivity index (χ1n) is 10.7. The molecule has 2 aromatic rings. The molecular weight excluding hydrogens is 471 g/mol. The maximum Gasteiger partial charge on any atom is 0.418 e. The Morgan fingerprint density at radius 1 is 1.12 bits per heavy atom. The maximum atomic E-state index is 13.1. The number of nitrogens with zero attached hydrogens (tertiary/aromatic N) is 2. The Balaban J connectivity index is 1.65. The van der Waals surface area contributed by atoms with Crippen LogP contribution in [0, 0.1) is 5.92 Å². The van der Waals surface area contributed by atoms with Gasteiger partial charge in [-0.25, -0.2) is 8.42 Å².